The summed E-state index contributed by atoms with van der Waals surface area (Å²) in [5.41, 5.74) is 3.08. The van der Waals surface area contributed by atoms with Gasteiger partial charge in [0.25, 0.3) is 0 Å². The first-order chi connectivity index (χ1) is 9.52. The Bertz CT molecular complexity index is 600. The molecular formula is C15H19N3O2. The van der Waals surface area contributed by atoms with Gasteiger partial charge in [-0.3, -0.25) is 0 Å². The third kappa shape index (κ3) is 2.87. The normalized spacial score (nSPS) is 11.0. The molecule has 0 aliphatic heterocycles. The molecule has 1 aromatic heterocycles. The van der Waals surface area contributed by atoms with E-state index >= 15 is 0 Å². The zero-order valence-corrected chi connectivity index (χ0v) is 12.0. The van der Waals surface area contributed by atoms with Crippen molar-refractivity contribution in [3.8, 4) is 0 Å². The summed E-state index contributed by atoms with van der Waals surface area (Å²) in [6.07, 6.45) is 1.00. The summed E-state index contributed by atoms with van der Waals surface area (Å²) >= 11 is 0. The zero-order chi connectivity index (χ0) is 14.7. The molecule has 0 unspecified atom stereocenters. The summed E-state index contributed by atoms with van der Waals surface area (Å²) in [4.78, 5) is 11.2. The summed E-state index contributed by atoms with van der Waals surface area (Å²) in [5.74, 6) is -0.965. The average molecular weight is 273 g/mol. The topological polar surface area (TPSA) is 68.0 Å². The number of carbonyl (C=O) groups is 1. The molecule has 1 N–H and O–H groups in total. The van der Waals surface area contributed by atoms with Crippen LogP contribution in [0.2, 0.25) is 0 Å². The van der Waals surface area contributed by atoms with Crippen molar-refractivity contribution in [3.63, 3.8) is 0 Å². The zero-order valence-electron chi connectivity index (χ0n) is 12.0. The highest BCUT2D eigenvalue weighted by atomic mass is 16.4. The number of carboxylic acids is 1. The highest BCUT2D eigenvalue weighted by molar-refractivity contribution is 5.86. The number of aromatic carboxylic acids is 1. The van der Waals surface area contributed by atoms with Gasteiger partial charge in [0.15, 0.2) is 5.69 Å². The number of carboxylic acid groups (broad SMARTS) is 1. The van der Waals surface area contributed by atoms with Crippen LogP contribution in [0.1, 0.15) is 54.0 Å². The van der Waals surface area contributed by atoms with Crippen molar-refractivity contribution in [2.45, 2.75) is 39.7 Å². The maximum Gasteiger partial charge on any atom is 0.358 e. The van der Waals surface area contributed by atoms with Crippen LogP contribution in [-0.4, -0.2) is 26.1 Å². The molecule has 0 bridgehead atoms. The predicted molar refractivity (Wildman–Crippen MR) is 76.0 cm³/mol. The second-order valence-electron chi connectivity index (χ2n) is 5.11. The lowest BCUT2D eigenvalue weighted by molar-refractivity contribution is 0.0688. The maximum atomic E-state index is 11.2. The second kappa shape index (κ2) is 5.86. The molecule has 5 heteroatoms. The van der Waals surface area contributed by atoms with E-state index in [0.717, 1.165) is 12.0 Å². The standard InChI is InChI=1S/C15H19N3O2/c1-4-11-5-7-12(8-6-11)9-18-14(10(2)3)13(15(19)20)16-17-18/h5-8,10H,4,9H2,1-3H3,(H,19,20). The van der Waals surface area contributed by atoms with Crippen LogP contribution in [0.4, 0.5) is 0 Å². The Kier molecular flexibility index (Phi) is 4.17. The van der Waals surface area contributed by atoms with E-state index in [-0.39, 0.29) is 11.6 Å². The SMILES string of the molecule is CCc1ccc(Cn2nnc(C(=O)O)c2C(C)C)cc1. The van der Waals surface area contributed by atoms with Gasteiger partial charge < -0.3 is 5.11 Å². The number of hydrogen-bond acceptors (Lipinski definition) is 3. The first-order valence-corrected chi connectivity index (χ1v) is 6.77. The monoisotopic (exact) mass is 273 g/mol. The highest BCUT2D eigenvalue weighted by Gasteiger charge is 2.21. The number of aryl methyl sites for hydroxylation is 1. The van der Waals surface area contributed by atoms with Gasteiger partial charge in [-0.15, -0.1) is 5.10 Å². The van der Waals surface area contributed by atoms with Crippen molar-refractivity contribution < 1.29 is 9.90 Å². The Morgan fingerprint density at radius 1 is 1.25 bits per heavy atom. The summed E-state index contributed by atoms with van der Waals surface area (Å²) in [5, 5.41) is 16.9. The Hall–Kier alpha value is -2.17. The molecule has 0 amide bonds. The average Bonchev–Trinajstić information content (AvgIpc) is 2.83. The molecule has 0 aliphatic carbocycles. The Labute approximate surface area is 118 Å². The lowest BCUT2D eigenvalue weighted by Gasteiger charge is -2.10. The van der Waals surface area contributed by atoms with E-state index in [1.54, 1.807) is 4.68 Å². The van der Waals surface area contributed by atoms with Gasteiger partial charge in [0.2, 0.25) is 0 Å². The molecule has 0 saturated heterocycles. The molecule has 0 spiro atoms. The van der Waals surface area contributed by atoms with E-state index in [0.29, 0.717) is 12.2 Å². The lowest BCUT2D eigenvalue weighted by Crippen LogP contribution is -2.10. The van der Waals surface area contributed by atoms with E-state index in [2.05, 4.69) is 29.4 Å². The van der Waals surface area contributed by atoms with Crippen LogP contribution >= 0.6 is 0 Å². The van der Waals surface area contributed by atoms with Gasteiger partial charge in [-0.1, -0.05) is 50.3 Å². The van der Waals surface area contributed by atoms with Crippen molar-refractivity contribution in [1.82, 2.24) is 15.0 Å². The minimum absolute atomic E-state index is 0.0465. The van der Waals surface area contributed by atoms with Crippen LogP contribution in [-0.2, 0) is 13.0 Å². The number of rotatable bonds is 5. The van der Waals surface area contributed by atoms with Gasteiger partial charge in [0.05, 0.1) is 12.2 Å². The number of nitrogens with zero attached hydrogens (tertiary/aromatic N) is 3. The van der Waals surface area contributed by atoms with E-state index in [9.17, 15) is 4.79 Å². The molecule has 1 aromatic carbocycles. The molecule has 0 atom stereocenters. The first-order valence-electron chi connectivity index (χ1n) is 6.77. The Morgan fingerprint density at radius 2 is 1.85 bits per heavy atom. The molecule has 20 heavy (non-hydrogen) atoms. The minimum atomic E-state index is -1.03. The van der Waals surface area contributed by atoms with E-state index < -0.39 is 5.97 Å². The number of benzene rings is 1. The van der Waals surface area contributed by atoms with Crippen LogP contribution in [0, 0.1) is 0 Å². The highest BCUT2D eigenvalue weighted by Crippen LogP contribution is 2.19. The van der Waals surface area contributed by atoms with E-state index in [4.69, 9.17) is 5.11 Å². The lowest BCUT2D eigenvalue weighted by atomic mass is 10.1. The largest absolute Gasteiger partial charge is 0.476 e. The second-order valence-corrected chi connectivity index (χ2v) is 5.11. The fourth-order valence-corrected chi connectivity index (χ4v) is 2.21. The van der Waals surface area contributed by atoms with Gasteiger partial charge in [-0.2, -0.15) is 0 Å². The maximum absolute atomic E-state index is 11.2. The Morgan fingerprint density at radius 3 is 2.35 bits per heavy atom. The molecule has 2 rings (SSSR count). The van der Waals surface area contributed by atoms with E-state index in [1.807, 2.05) is 26.0 Å². The quantitative estimate of drug-likeness (QED) is 0.909. The third-order valence-corrected chi connectivity index (χ3v) is 3.29. The van der Waals surface area contributed by atoms with Crippen LogP contribution < -0.4 is 0 Å². The van der Waals surface area contributed by atoms with Crippen molar-refractivity contribution in [2.24, 2.45) is 0 Å². The Balaban J connectivity index is 2.30. The van der Waals surface area contributed by atoms with Crippen LogP contribution in [0.25, 0.3) is 0 Å². The molecule has 2 aromatic rings. The molecule has 5 nitrogen and oxygen atoms in total. The van der Waals surface area contributed by atoms with Crippen molar-refractivity contribution in [1.29, 1.82) is 0 Å². The van der Waals surface area contributed by atoms with E-state index in [1.165, 1.54) is 5.56 Å². The first kappa shape index (κ1) is 14.2. The molecular weight excluding hydrogens is 254 g/mol. The summed E-state index contributed by atoms with van der Waals surface area (Å²) in [6, 6.07) is 8.26. The fourth-order valence-electron chi connectivity index (χ4n) is 2.21. The molecule has 0 fully saturated rings. The van der Waals surface area contributed by atoms with Crippen LogP contribution in [0.15, 0.2) is 24.3 Å². The van der Waals surface area contributed by atoms with Gasteiger partial charge in [0.1, 0.15) is 0 Å². The molecule has 1 heterocycles. The van der Waals surface area contributed by atoms with Crippen molar-refractivity contribution in [3.05, 3.63) is 46.8 Å². The predicted octanol–water partition coefficient (Wildman–Crippen LogP) is 2.71. The van der Waals surface area contributed by atoms with Crippen molar-refractivity contribution >= 4 is 5.97 Å². The fraction of sp³-hybridized carbons (Fsp3) is 0.400. The molecule has 0 radical (unpaired) electrons. The number of aromatic nitrogens is 3. The van der Waals surface area contributed by atoms with Crippen LogP contribution in [0.5, 0.6) is 0 Å². The van der Waals surface area contributed by atoms with Gasteiger partial charge in [-0.05, 0) is 23.5 Å². The summed E-state index contributed by atoms with van der Waals surface area (Å²) in [6.45, 7) is 6.55. The minimum Gasteiger partial charge on any atom is -0.476 e. The number of hydrogen-bond donors (Lipinski definition) is 1. The van der Waals surface area contributed by atoms with Gasteiger partial charge >= 0.3 is 5.97 Å². The smallest absolute Gasteiger partial charge is 0.358 e. The van der Waals surface area contributed by atoms with Crippen LogP contribution in [0.3, 0.4) is 0 Å². The molecule has 0 aliphatic rings. The third-order valence-electron chi connectivity index (χ3n) is 3.29. The summed E-state index contributed by atoms with van der Waals surface area (Å²) in [7, 11) is 0. The molecule has 0 saturated carbocycles. The summed E-state index contributed by atoms with van der Waals surface area (Å²) < 4.78 is 1.68. The van der Waals surface area contributed by atoms with Crippen molar-refractivity contribution in [2.75, 3.05) is 0 Å². The van der Waals surface area contributed by atoms with Gasteiger partial charge in [-0.25, -0.2) is 9.48 Å². The van der Waals surface area contributed by atoms with Gasteiger partial charge in [0, 0.05) is 0 Å². The molecule has 106 valence electrons.